The van der Waals surface area contributed by atoms with Crippen molar-refractivity contribution in [3.63, 3.8) is 0 Å². The summed E-state index contributed by atoms with van der Waals surface area (Å²) in [6.07, 6.45) is 1.49. The first kappa shape index (κ1) is 24.4. The lowest BCUT2D eigenvalue weighted by atomic mass is 10.1. The molecule has 0 fully saturated rings. The molecule has 11 heteroatoms. The van der Waals surface area contributed by atoms with Crippen LogP contribution in [-0.2, 0) is 17.6 Å². The second kappa shape index (κ2) is 10.6. The average molecular weight is 471 g/mol. The van der Waals surface area contributed by atoms with Gasteiger partial charge in [0.15, 0.2) is 0 Å². The van der Waals surface area contributed by atoms with Gasteiger partial charge in [-0.25, -0.2) is 4.79 Å². The van der Waals surface area contributed by atoms with Gasteiger partial charge in [0.25, 0.3) is 5.91 Å². The van der Waals surface area contributed by atoms with Gasteiger partial charge in [-0.2, -0.15) is 18.4 Å². The smallest absolute Gasteiger partial charge is 0.475 e. The third kappa shape index (κ3) is 6.19. The minimum Gasteiger partial charge on any atom is -0.475 e. The number of pyridine rings is 2. The minimum absolute atomic E-state index is 0.0239. The van der Waals surface area contributed by atoms with E-state index >= 15 is 0 Å². The van der Waals surface area contributed by atoms with E-state index in [1.807, 2.05) is 36.5 Å². The number of carbonyl (C=O) groups excluding carboxylic acids is 1. The van der Waals surface area contributed by atoms with E-state index < -0.39 is 12.1 Å². The van der Waals surface area contributed by atoms with Gasteiger partial charge in [-0.1, -0.05) is 0 Å². The number of hydrogen-bond acceptors (Lipinski definition) is 5. The number of nitrogens with one attached hydrogen (secondary N) is 2. The van der Waals surface area contributed by atoms with E-state index in [-0.39, 0.29) is 5.91 Å². The summed E-state index contributed by atoms with van der Waals surface area (Å²) in [5.74, 6) is -2.78. The highest BCUT2D eigenvalue weighted by Crippen LogP contribution is 2.27. The molecule has 8 nitrogen and oxygen atoms in total. The number of aromatic amines is 1. The number of nitriles is 1. The van der Waals surface area contributed by atoms with Crippen molar-refractivity contribution in [1.82, 2.24) is 20.3 Å². The van der Waals surface area contributed by atoms with Crippen LogP contribution in [0, 0.1) is 11.3 Å². The summed E-state index contributed by atoms with van der Waals surface area (Å²) >= 11 is 0. The summed E-state index contributed by atoms with van der Waals surface area (Å²) in [6.45, 7) is 0.666. The maximum atomic E-state index is 12.0. The summed E-state index contributed by atoms with van der Waals surface area (Å²) < 4.78 is 31.7. The standard InChI is InChI=1S/C21H19N5O.C2HF3O2/c22-8-2-1-3-16-5-4-15(13-25-16)19-11-14(6-9-23-19)20-12-17-18(26-20)7-10-24-21(17)27;3-2(4,5)1(6)7/h4-6,9,11-13,26H,1-3,7,10H2,(H,24,27);(H,6,7). The number of H-pyrrole nitrogens is 1. The van der Waals surface area contributed by atoms with Gasteiger partial charge in [0.2, 0.25) is 0 Å². The molecule has 0 spiro atoms. The van der Waals surface area contributed by atoms with Crippen molar-refractivity contribution in [3.05, 3.63) is 59.7 Å². The number of aliphatic carboxylic acids is 1. The number of alkyl halides is 3. The lowest BCUT2D eigenvalue weighted by Gasteiger charge is -2.10. The Hall–Kier alpha value is -4.20. The number of rotatable bonds is 5. The van der Waals surface area contributed by atoms with E-state index in [2.05, 4.69) is 26.3 Å². The Bertz CT molecular complexity index is 1210. The van der Waals surface area contributed by atoms with Crippen LogP contribution in [0.3, 0.4) is 0 Å². The molecule has 0 saturated heterocycles. The fourth-order valence-corrected chi connectivity index (χ4v) is 3.28. The molecule has 3 aromatic heterocycles. The number of carboxylic acids is 1. The van der Waals surface area contributed by atoms with Crippen LogP contribution in [0.1, 0.15) is 34.6 Å². The van der Waals surface area contributed by atoms with E-state index in [0.29, 0.717) is 13.0 Å². The molecule has 1 aliphatic rings. The first-order valence-corrected chi connectivity index (χ1v) is 10.3. The third-order valence-electron chi connectivity index (χ3n) is 4.96. The number of aromatic nitrogens is 3. The molecule has 1 amide bonds. The maximum Gasteiger partial charge on any atom is 0.490 e. The quantitative estimate of drug-likeness (QED) is 0.484. The molecule has 0 unspecified atom stereocenters. The lowest BCUT2D eigenvalue weighted by molar-refractivity contribution is -0.192. The largest absolute Gasteiger partial charge is 0.490 e. The van der Waals surface area contributed by atoms with E-state index in [0.717, 1.165) is 58.7 Å². The number of unbranched alkanes of at least 4 members (excludes halogenated alkanes) is 1. The van der Waals surface area contributed by atoms with Crippen molar-refractivity contribution in [3.8, 4) is 28.6 Å². The Morgan fingerprint density at radius 1 is 1.18 bits per heavy atom. The molecule has 0 aliphatic carbocycles. The van der Waals surface area contributed by atoms with Crippen LogP contribution >= 0.6 is 0 Å². The summed E-state index contributed by atoms with van der Waals surface area (Å²) in [7, 11) is 0. The predicted octanol–water partition coefficient (Wildman–Crippen LogP) is 3.90. The monoisotopic (exact) mass is 471 g/mol. The van der Waals surface area contributed by atoms with Crippen molar-refractivity contribution in [2.75, 3.05) is 6.54 Å². The van der Waals surface area contributed by atoms with Crippen molar-refractivity contribution < 1.29 is 27.9 Å². The first-order chi connectivity index (χ1) is 16.2. The second-order valence-electron chi connectivity index (χ2n) is 7.36. The normalized spacial score (nSPS) is 12.6. The van der Waals surface area contributed by atoms with Crippen LogP contribution < -0.4 is 5.32 Å². The number of aryl methyl sites for hydroxylation is 1. The summed E-state index contributed by atoms with van der Waals surface area (Å²) in [5, 5.41) is 18.6. The Labute approximate surface area is 192 Å². The van der Waals surface area contributed by atoms with Crippen molar-refractivity contribution >= 4 is 11.9 Å². The molecule has 0 radical (unpaired) electrons. The minimum atomic E-state index is -5.08. The Balaban J connectivity index is 0.000000406. The number of halogens is 3. The van der Waals surface area contributed by atoms with Crippen LogP contribution in [0.5, 0.6) is 0 Å². The van der Waals surface area contributed by atoms with E-state index in [1.165, 1.54) is 0 Å². The number of amides is 1. The van der Waals surface area contributed by atoms with Gasteiger partial charge in [-0.3, -0.25) is 14.8 Å². The highest BCUT2D eigenvalue weighted by Gasteiger charge is 2.38. The summed E-state index contributed by atoms with van der Waals surface area (Å²) in [4.78, 5) is 33.2. The van der Waals surface area contributed by atoms with Gasteiger partial charge in [0, 0.05) is 60.0 Å². The predicted molar refractivity (Wildman–Crippen MR) is 116 cm³/mol. The SMILES string of the molecule is N#CCCCc1ccc(-c2cc(-c3cc4c([nH]3)CCNC4=O)ccn2)cn1.O=C(O)C(F)(F)F. The number of fused-ring (bicyclic) bond motifs is 1. The molecule has 176 valence electrons. The second-order valence-corrected chi connectivity index (χ2v) is 7.36. The molecule has 4 heterocycles. The third-order valence-corrected chi connectivity index (χ3v) is 4.96. The van der Waals surface area contributed by atoms with E-state index in [9.17, 15) is 18.0 Å². The topological polar surface area (TPSA) is 132 Å². The van der Waals surface area contributed by atoms with E-state index in [4.69, 9.17) is 15.2 Å². The molecule has 0 aromatic carbocycles. The molecule has 34 heavy (non-hydrogen) atoms. The zero-order valence-electron chi connectivity index (χ0n) is 17.8. The molecular formula is C23H20F3N5O3. The van der Waals surface area contributed by atoms with Crippen molar-refractivity contribution in [2.24, 2.45) is 0 Å². The molecular weight excluding hydrogens is 451 g/mol. The molecule has 0 saturated carbocycles. The summed E-state index contributed by atoms with van der Waals surface area (Å²) in [5.41, 5.74) is 6.36. The van der Waals surface area contributed by atoms with Crippen molar-refractivity contribution in [1.29, 1.82) is 5.26 Å². The number of carboxylic acid groups (broad SMARTS) is 1. The molecule has 3 aromatic rings. The fourth-order valence-electron chi connectivity index (χ4n) is 3.28. The average Bonchev–Trinajstić information content (AvgIpc) is 3.26. The molecule has 4 rings (SSSR count). The van der Waals surface area contributed by atoms with Gasteiger partial charge < -0.3 is 15.4 Å². The maximum absolute atomic E-state index is 12.0. The molecule has 1 aliphatic heterocycles. The lowest BCUT2D eigenvalue weighted by Crippen LogP contribution is -2.31. The van der Waals surface area contributed by atoms with Crippen LogP contribution in [0.25, 0.3) is 22.5 Å². The molecule has 0 atom stereocenters. The Kier molecular flexibility index (Phi) is 7.63. The molecule has 0 bridgehead atoms. The van der Waals surface area contributed by atoms with Crippen LogP contribution in [-0.4, -0.2) is 44.7 Å². The Morgan fingerprint density at radius 3 is 2.56 bits per heavy atom. The number of hydrogen-bond donors (Lipinski definition) is 3. The van der Waals surface area contributed by atoms with E-state index in [1.54, 1.807) is 6.20 Å². The highest BCUT2D eigenvalue weighted by atomic mass is 19.4. The number of nitrogens with zero attached hydrogens (tertiary/aromatic N) is 3. The highest BCUT2D eigenvalue weighted by molar-refractivity contribution is 5.97. The zero-order valence-corrected chi connectivity index (χ0v) is 17.8. The zero-order chi connectivity index (χ0) is 24.7. The van der Waals surface area contributed by atoms with Crippen LogP contribution in [0.4, 0.5) is 13.2 Å². The van der Waals surface area contributed by atoms with Gasteiger partial charge >= 0.3 is 12.1 Å². The van der Waals surface area contributed by atoms with Gasteiger partial charge in [0.05, 0.1) is 17.3 Å². The van der Waals surface area contributed by atoms with Crippen LogP contribution in [0.15, 0.2) is 42.7 Å². The van der Waals surface area contributed by atoms with Gasteiger partial charge in [-0.15, -0.1) is 0 Å². The van der Waals surface area contributed by atoms with Crippen LogP contribution in [0.2, 0.25) is 0 Å². The Morgan fingerprint density at radius 2 is 1.94 bits per heavy atom. The van der Waals surface area contributed by atoms with Gasteiger partial charge in [0.1, 0.15) is 0 Å². The number of carbonyl (C=O) groups is 2. The van der Waals surface area contributed by atoms with Gasteiger partial charge in [-0.05, 0) is 43.2 Å². The summed E-state index contributed by atoms with van der Waals surface area (Å²) in [6, 6.07) is 12.0. The fraction of sp³-hybridized carbons (Fsp3) is 0.261. The first-order valence-electron chi connectivity index (χ1n) is 10.3. The molecule has 3 N–H and O–H groups in total. The van der Waals surface area contributed by atoms with Crippen molar-refractivity contribution in [2.45, 2.75) is 31.9 Å².